The number of aromatic nitrogens is 3. The van der Waals surface area contributed by atoms with Gasteiger partial charge in [0.25, 0.3) is 5.91 Å². The third kappa shape index (κ3) is 4.01. The average Bonchev–Trinajstić information content (AvgIpc) is 3.31. The number of benzene rings is 1. The van der Waals surface area contributed by atoms with Crippen molar-refractivity contribution >= 4 is 52.7 Å². The molecule has 2 heterocycles. The van der Waals surface area contributed by atoms with E-state index in [1.54, 1.807) is 43.8 Å². The molecule has 28 heavy (non-hydrogen) atoms. The fourth-order valence-corrected chi connectivity index (χ4v) is 3.81. The Morgan fingerprint density at radius 1 is 1.36 bits per heavy atom. The summed E-state index contributed by atoms with van der Waals surface area (Å²) >= 11 is 12.9. The number of hydrogen-bond donors (Lipinski definition) is 2. The second-order valence-electron chi connectivity index (χ2n) is 6.26. The van der Waals surface area contributed by atoms with E-state index in [1.165, 1.54) is 16.2 Å². The molecule has 146 valence electrons. The van der Waals surface area contributed by atoms with Crippen LogP contribution in [0.15, 0.2) is 35.7 Å². The molecule has 0 saturated heterocycles. The monoisotopic (exact) mass is 435 g/mol. The minimum absolute atomic E-state index is 0.244. The van der Waals surface area contributed by atoms with Gasteiger partial charge >= 0.3 is 0 Å². The molecule has 1 unspecified atom stereocenters. The molecule has 0 aliphatic heterocycles. The number of H-pyrrole nitrogens is 1. The first-order valence-corrected chi connectivity index (χ1v) is 9.99. The van der Waals surface area contributed by atoms with Crippen molar-refractivity contribution in [3.63, 3.8) is 0 Å². The van der Waals surface area contributed by atoms with Crippen LogP contribution in [-0.4, -0.2) is 45.6 Å². The third-order valence-electron chi connectivity index (χ3n) is 4.08. The number of aromatic amines is 1. The minimum Gasteiger partial charge on any atom is -0.345 e. The van der Waals surface area contributed by atoms with E-state index in [4.69, 9.17) is 23.8 Å². The lowest BCUT2D eigenvalue weighted by molar-refractivity contribution is -0.118. The maximum atomic E-state index is 12.8. The van der Waals surface area contributed by atoms with Crippen LogP contribution in [0.1, 0.15) is 23.3 Å². The van der Waals surface area contributed by atoms with Crippen LogP contribution in [0.4, 0.5) is 5.69 Å². The number of nitrogens with zero attached hydrogens (tertiary/aromatic N) is 3. The molecule has 7 nitrogen and oxygen atoms in total. The van der Waals surface area contributed by atoms with Crippen LogP contribution in [0.2, 0.25) is 5.02 Å². The van der Waals surface area contributed by atoms with Crippen LogP contribution in [0, 0.1) is 4.77 Å². The summed E-state index contributed by atoms with van der Waals surface area (Å²) in [5.41, 5.74) is 0.787. The van der Waals surface area contributed by atoms with Crippen molar-refractivity contribution in [2.75, 3.05) is 19.4 Å². The molecule has 0 saturated carbocycles. The van der Waals surface area contributed by atoms with Crippen LogP contribution in [0.25, 0.3) is 10.7 Å². The third-order valence-corrected chi connectivity index (χ3v) is 5.57. The quantitative estimate of drug-likeness (QED) is 0.587. The Balaban J connectivity index is 1.87. The first-order valence-electron chi connectivity index (χ1n) is 8.32. The van der Waals surface area contributed by atoms with Gasteiger partial charge < -0.3 is 10.2 Å². The Kier molecular flexibility index (Phi) is 5.97. The van der Waals surface area contributed by atoms with E-state index in [0.29, 0.717) is 26.9 Å². The predicted molar refractivity (Wildman–Crippen MR) is 114 cm³/mol. The Morgan fingerprint density at radius 2 is 2.11 bits per heavy atom. The summed E-state index contributed by atoms with van der Waals surface area (Å²) in [6, 6.07) is 7.99. The Bertz CT molecular complexity index is 1070. The lowest BCUT2D eigenvalue weighted by Gasteiger charge is -2.17. The number of carbonyl (C=O) groups excluding carboxylic acids is 2. The van der Waals surface area contributed by atoms with E-state index in [1.807, 2.05) is 17.5 Å². The molecule has 2 amide bonds. The fraction of sp³-hybridized carbons (Fsp3) is 0.222. The number of amides is 2. The second-order valence-corrected chi connectivity index (χ2v) is 8.00. The molecule has 1 atom stereocenters. The van der Waals surface area contributed by atoms with Crippen molar-refractivity contribution in [1.82, 2.24) is 19.7 Å². The largest absolute Gasteiger partial charge is 0.345 e. The summed E-state index contributed by atoms with van der Waals surface area (Å²) in [6.45, 7) is 1.74. The maximum absolute atomic E-state index is 12.8. The van der Waals surface area contributed by atoms with Crippen LogP contribution in [0.5, 0.6) is 0 Å². The smallest absolute Gasteiger partial charge is 0.254 e. The molecule has 2 N–H and O–H groups in total. The number of hydrogen-bond acceptors (Lipinski definition) is 5. The van der Waals surface area contributed by atoms with Crippen molar-refractivity contribution in [2.45, 2.75) is 13.0 Å². The normalized spacial score (nSPS) is 11.9. The molecule has 3 rings (SSSR count). The highest BCUT2D eigenvalue weighted by Gasteiger charge is 2.22. The molecule has 10 heteroatoms. The summed E-state index contributed by atoms with van der Waals surface area (Å²) < 4.78 is 2.02. The van der Waals surface area contributed by atoms with Gasteiger partial charge in [0.2, 0.25) is 5.91 Å². The fourth-order valence-electron chi connectivity index (χ4n) is 2.62. The van der Waals surface area contributed by atoms with Gasteiger partial charge in [0.1, 0.15) is 6.04 Å². The zero-order valence-corrected chi connectivity index (χ0v) is 17.8. The highest BCUT2D eigenvalue weighted by atomic mass is 35.5. The van der Waals surface area contributed by atoms with Gasteiger partial charge in [-0.3, -0.25) is 19.3 Å². The molecular formula is C18H18ClN5O2S2. The highest BCUT2D eigenvalue weighted by Crippen LogP contribution is 2.27. The van der Waals surface area contributed by atoms with Gasteiger partial charge in [-0.25, -0.2) is 0 Å². The topological polar surface area (TPSA) is 83.0 Å². The molecule has 2 aromatic heterocycles. The SMILES string of the molecule is CC(C(=O)Nc1ccc(Cl)c(C(=O)N(C)C)c1)n1c(-c2cccs2)n[nH]c1=S. The number of anilines is 1. The molecule has 0 aliphatic rings. The molecular weight excluding hydrogens is 418 g/mol. The van der Waals surface area contributed by atoms with Crippen LogP contribution < -0.4 is 5.32 Å². The molecule has 3 aromatic rings. The lowest BCUT2D eigenvalue weighted by atomic mass is 10.1. The first-order chi connectivity index (χ1) is 13.3. The standard InChI is InChI=1S/C18H18ClN5O2S2/c1-10(24-15(21-22-18(24)27)14-5-4-8-28-14)16(25)20-11-6-7-13(19)12(9-11)17(26)23(2)3/h4-10H,1-3H3,(H,20,25)(H,22,27). The molecule has 0 aliphatic carbocycles. The molecule has 1 aromatic carbocycles. The molecule has 0 fully saturated rings. The van der Waals surface area contributed by atoms with Gasteiger partial charge in [0, 0.05) is 19.8 Å². The maximum Gasteiger partial charge on any atom is 0.254 e. The highest BCUT2D eigenvalue weighted by molar-refractivity contribution is 7.71. The summed E-state index contributed by atoms with van der Waals surface area (Å²) in [5.74, 6) is 0.0642. The zero-order chi connectivity index (χ0) is 20.4. The summed E-state index contributed by atoms with van der Waals surface area (Å²) in [7, 11) is 3.28. The number of thiophene rings is 1. The van der Waals surface area contributed by atoms with E-state index in [9.17, 15) is 9.59 Å². The number of nitrogens with one attached hydrogen (secondary N) is 2. The van der Waals surface area contributed by atoms with Crippen molar-refractivity contribution < 1.29 is 9.59 Å². The van der Waals surface area contributed by atoms with E-state index >= 15 is 0 Å². The van der Waals surface area contributed by atoms with Crippen LogP contribution >= 0.6 is 35.2 Å². The first kappa shape index (κ1) is 20.2. The average molecular weight is 436 g/mol. The Hall–Kier alpha value is -2.49. The molecule has 0 spiro atoms. The number of rotatable bonds is 5. The predicted octanol–water partition coefficient (Wildman–Crippen LogP) is 4.22. The van der Waals surface area contributed by atoms with Crippen LogP contribution in [-0.2, 0) is 4.79 Å². The van der Waals surface area contributed by atoms with Gasteiger partial charge in [-0.05, 0) is 48.8 Å². The lowest BCUT2D eigenvalue weighted by Crippen LogP contribution is -2.25. The van der Waals surface area contributed by atoms with Crippen molar-refractivity contribution in [3.8, 4) is 10.7 Å². The van der Waals surface area contributed by atoms with Crippen molar-refractivity contribution in [2.24, 2.45) is 0 Å². The summed E-state index contributed by atoms with van der Waals surface area (Å²) in [5, 5.41) is 12.1. The minimum atomic E-state index is -0.618. The Labute approximate surface area is 175 Å². The second kappa shape index (κ2) is 8.26. The molecule has 0 bridgehead atoms. The van der Waals surface area contributed by atoms with Crippen molar-refractivity contribution in [1.29, 1.82) is 0 Å². The number of halogens is 1. The molecule has 0 radical (unpaired) electrons. The number of carbonyl (C=O) groups is 2. The van der Waals surface area contributed by atoms with E-state index in [-0.39, 0.29) is 11.8 Å². The zero-order valence-electron chi connectivity index (χ0n) is 15.4. The van der Waals surface area contributed by atoms with E-state index in [0.717, 1.165) is 4.88 Å². The van der Waals surface area contributed by atoms with Gasteiger partial charge in [0.05, 0.1) is 15.5 Å². The van der Waals surface area contributed by atoms with Gasteiger partial charge in [-0.15, -0.1) is 11.3 Å². The van der Waals surface area contributed by atoms with Gasteiger partial charge in [-0.1, -0.05) is 17.7 Å². The summed E-state index contributed by atoms with van der Waals surface area (Å²) in [4.78, 5) is 27.4. The Morgan fingerprint density at radius 3 is 2.75 bits per heavy atom. The van der Waals surface area contributed by atoms with Crippen molar-refractivity contribution in [3.05, 3.63) is 51.1 Å². The van der Waals surface area contributed by atoms with Crippen LogP contribution in [0.3, 0.4) is 0 Å². The van der Waals surface area contributed by atoms with Gasteiger partial charge in [0.15, 0.2) is 10.6 Å². The van der Waals surface area contributed by atoms with Gasteiger partial charge in [-0.2, -0.15) is 5.10 Å². The van der Waals surface area contributed by atoms with E-state index in [2.05, 4.69) is 15.5 Å². The van der Waals surface area contributed by atoms with E-state index < -0.39 is 6.04 Å². The summed E-state index contributed by atoms with van der Waals surface area (Å²) in [6.07, 6.45) is 0.